The average Bonchev–Trinajstić information content (AvgIpc) is 2.43. The molecule has 2 heterocycles. The van der Waals surface area contributed by atoms with E-state index in [1.54, 1.807) is 18.3 Å². The predicted octanol–water partition coefficient (Wildman–Crippen LogP) is 3.00. The summed E-state index contributed by atoms with van der Waals surface area (Å²) in [6, 6.07) is 9.09. The van der Waals surface area contributed by atoms with Gasteiger partial charge in [-0.05, 0) is 24.3 Å². The number of anilines is 1. The molecular weight excluding hydrogens is 282 g/mol. The van der Waals surface area contributed by atoms with Gasteiger partial charge in [-0.25, -0.2) is 4.98 Å². The number of thioether (sulfide) groups is 1. The van der Waals surface area contributed by atoms with E-state index in [9.17, 15) is 4.79 Å². The van der Waals surface area contributed by atoms with Crippen molar-refractivity contribution in [1.82, 2.24) is 9.97 Å². The van der Waals surface area contributed by atoms with Crippen molar-refractivity contribution in [2.75, 3.05) is 11.1 Å². The summed E-state index contributed by atoms with van der Waals surface area (Å²) in [5.74, 6) is 1.49. The minimum absolute atomic E-state index is 0.0873. The Labute approximate surface area is 120 Å². The van der Waals surface area contributed by atoms with Crippen molar-refractivity contribution >= 4 is 35.1 Å². The number of hydrogen-bond donors (Lipinski definition) is 1. The number of nitrogens with zero attached hydrogens (tertiary/aromatic N) is 2. The van der Waals surface area contributed by atoms with Gasteiger partial charge >= 0.3 is 0 Å². The molecule has 6 heteroatoms. The molecule has 98 valence electrons. The van der Waals surface area contributed by atoms with Crippen LogP contribution in [0.5, 0.6) is 0 Å². The lowest BCUT2D eigenvalue weighted by Crippen LogP contribution is -2.15. The van der Waals surface area contributed by atoms with Crippen LogP contribution < -0.4 is 5.32 Å². The molecule has 1 N–H and O–H groups in total. The van der Waals surface area contributed by atoms with E-state index in [0.29, 0.717) is 22.3 Å². The number of carbonyl (C=O) groups is 1. The van der Waals surface area contributed by atoms with Crippen molar-refractivity contribution in [3.8, 4) is 0 Å². The molecule has 0 aliphatic rings. The van der Waals surface area contributed by atoms with Gasteiger partial charge in [0.1, 0.15) is 5.82 Å². The van der Waals surface area contributed by atoms with Crippen LogP contribution in [0.3, 0.4) is 0 Å². The number of amides is 1. The molecule has 0 spiro atoms. The summed E-state index contributed by atoms with van der Waals surface area (Å²) in [5, 5.41) is 3.25. The summed E-state index contributed by atoms with van der Waals surface area (Å²) in [5.41, 5.74) is 0.963. The Balaban J connectivity index is 1.74. The molecule has 2 aromatic heterocycles. The molecule has 19 heavy (non-hydrogen) atoms. The summed E-state index contributed by atoms with van der Waals surface area (Å²) in [4.78, 5) is 19.9. The van der Waals surface area contributed by atoms with E-state index in [4.69, 9.17) is 11.6 Å². The fraction of sp³-hybridized carbons (Fsp3) is 0.154. The van der Waals surface area contributed by atoms with Gasteiger partial charge in [0, 0.05) is 18.1 Å². The molecule has 1 amide bonds. The van der Waals surface area contributed by atoms with E-state index in [2.05, 4.69) is 15.3 Å². The zero-order valence-corrected chi connectivity index (χ0v) is 11.6. The lowest BCUT2D eigenvalue weighted by molar-refractivity contribution is -0.113. The molecule has 0 atom stereocenters. The lowest BCUT2D eigenvalue weighted by Gasteiger charge is -2.04. The van der Waals surface area contributed by atoms with Crippen LogP contribution in [0.1, 0.15) is 5.69 Å². The third-order valence-corrected chi connectivity index (χ3v) is 3.39. The van der Waals surface area contributed by atoms with Crippen molar-refractivity contribution in [3.63, 3.8) is 0 Å². The topological polar surface area (TPSA) is 54.9 Å². The Hall–Kier alpha value is -1.59. The molecule has 0 unspecified atom stereocenters. The molecule has 0 fully saturated rings. The van der Waals surface area contributed by atoms with Crippen molar-refractivity contribution in [2.45, 2.75) is 5.75 Å². The summed E-state index contributed by atoms with van der Waals surface area (Å²) in [7, 11) is 0. The Morgan fingerprint density at radius 1 is 1.26 bits per heavy atom. The summed E-state index contributed by atoms with van der Waals surface area (Å²) in [6.45, 7) is 0. The van der Waals surface area contributed by atoms with E-state index >= 15 is 0 Å². The van der Waals surface area contributed by atoms with Gasteiger partial charge < -0.3 is 5.32 Å². The van der Waals surface area contributed by atoms with Gasteiger partial charge in [0.25, 0.3) is 0 Å². The first-order valence-electron chi connectivity index (χ1n) is 5.63. The van der Waals surface area contributed by atoms with Crippen LogP contribution in [0, 0.1) is 0 Å². The van der Waals surface area contributed by atoms with Crippen LogP contribution >= 0.6 is 23.4 Å². The molecule has 0 saturated heterocycles. The van der Waals surface area contributed by atoms with E-state index in [-0.39, 0.29) is 5.91 Å². The second kappa shape index (κ2) is 7.11. The van der Waals surface area contributed by atoms with Gasteiger partial charge in [-0.1, -0.05) is 17.7 Å². The van der Waals surface area contributed by atoms with Crippen LogP contribution in [-0.4, -0.2) is 21.6 Å². The van der Waals surface area contributed by atoms with Gasteiger partial charge in [-0.2, -0.15) is 0 Å². The second-order valence-electron chi connectivity index (χ2n) is 3.72. The number of halogens is 1. The molecule has 0 aromatic carbocycles. The Morgan fingerprint density at radius 2 is 2.16 bits per heavy atom. The SMILES string of the molecule is O=C(CSCc1ccccn1)Nc1ccc(Cl)cn1. The maximum absolute atomic E-state index is 11.7. The Kier molecular flexibility index (Phi) is 5.18. The number of carbonyl (C=O) groups excluding carboxylic acids is 1. The van der Waals surface area contributed by atoms with E-state index < -0.39 is 0 Å². The summed E-state index contributed by atoms with van der Waals surface area (Å²) in [6.07, 6.45) is 3.24. The average molecular weight is 294 g/mol. The number of aromatic nitrogens is 2. The molecule has 2 aromatic rings. The minimum atomic E-state index is -0.0873. The van der Waals surface area contributed by atoms with Gasteiger partial charge in [0.15, 0.2) is 0 Å². The smallest absolute Gasteiger partial charge is 0.235 e. The van der Waals surface area contributed by atoms with Crippen molar-refractivity contribution < 1.29 is 4.79 Å². The van der Waals surface area contributed by atoms with Crippen molar-refractivity contribution in [3.05, 3.63) is 53.4 Å². The quantitative estimate of drug-likeness (QED) is 0.921. The zero-order valence-electron chi connectivity index (χ0n) is 10.0. The van der Waals surface area contributed by atoms with Crippen molar-refractivity contribution in [2.24, 2.45) is 0 Å². The normalized spacial score (nSPS) is 10.2. The molecule has 0 bridgehead atoms. The minimum Gasteiger partial charge on any atom is -0.310 e. The van der Waals surface area contributed by atoms with Gasteiger partial charge in [0.05, 0.1) is 16.5 Å². The maximum Gasteiger partial charge on any atom is 0.235 e. The summed E-state index contributed by atoms with van der Waals surface area (Å²) < 4.78 is 0. The van der Waals surface area contributed by atoms with E-state index in [1.807, 2.05) is 18.2 Å². The molecule has 2 rings (SSSR count). The molecule has 0 aliphatic heterocycles. The van der Waals surface area contributed by atoms with Gasteiger partial charge in [-0.3, -0.25) is 9.78 Å². The summed E-state index contributed by atoms with van der Waals surface area (Å²) >= 11 is 7.22. The number of hydrogen-bond acceptors (Lipinski definition) is 4. The third-order valence-electron chi connectivity index (χ3n) is 2.20. The Bertz CT molecular complexity index is 533. The van der Waals surface area contributed by atoms with Gasteiger partial charge in [-0.15, -0.1) is 11.8 Å². The molecule has 0 saturated carbocycles. The third kappa shape index (κ3) is 4.89. The highest BCUT2D eigenvalue weighted by Crippen LogP contribution is 2.12. The first-order chi connectivity index (χ1) is 9.24. The molecule has 0 aliphatic carbocycles. The van der Waals surface area contributed by atoms with Crippen LogP contribution in [0.15, 0.2) is 42.7 Å². The number of rotatable bonds is 5. The van der Waals surface area contributed by atoms with Crippen LogP contribution in [0.25, 0.3) is 0 Å². The fourth-order valence-electron chi connectivity index (χ4n) is 1.36. The molecule has 0 radical (unpaired) electrons. The maximum atomic E-state index is 11.7. The highest BCUT2D eigenvalue weighted by atomic mass is 35.5. The zero-order chi connectivity index (χ0) is 13.5. The van der Waals surface area contributed by atoms with E-state index in [0.717, 1.165) is 5.69 Å². The molecule has 4 nitrogen and oxygen atoms in total. The fourth-order valence-corrected chi connectivity index (χ4v) is 2.21. The predicted molar refractivity (Wildman–Crippen MR) is 78.3 cm³/mol. The second-order valence-corrected chi connectivity index (χ2v) is 5.15. The van der Waals surface area contributed by atoms with Crippen LogP contribution in [0.2, 0.25) is 5.02 Å². The highest BCUT2D eigenvalue weighted by Gasteiger charge is 2.04. The number of pyridine rings is 2. The van der Waals surface area contributed by atoms with Crippen LogP contribution in [0.4, 0.5) is 5.82 Å². The monoisotopic (exact) mass is 293 g/mol. The first kappa shape index (κ1) is 13.8. The van der Waals surface area contributed by atoms with E-state index in [1.165, 1.54) is 18.0 Å². The number of nitrogens with one attached hydrogen (secondary N) is 1. The first-order valence-corrected chi connectivity index (χ1v) is 7.16. The standard InChI is InChI=1S/C13H12ClN3OS/c14-10-4-5-12(16-7-10)17-13(18)9-19-8-11-3-1-2-6-15-11/h1-7H,8-9H2,(H,16,17,18). The van der Waals surface area contributed by atoms with Crippen molar-refractivity contribution in [1.29, 1.82) is 0 Å². The van der Waals surface area contributed by atoms with Crippen LogP contribution in [-0.2, 0) is 10.5 Å². The molecular formula is C13H12ClN3OS. The largest absolute Gasteiger partial charge is 0.310 e. The lowest BCUT2D eigenvalue weighted by atomic mass is 10.4. The Morgan fingerprint density at radius 3 is 2.84 bits per heavy atom. The highest BCUT2D eigenvalue weighted by molar-refractivity contribution is 7.99. The van der Waals surface area contributed by atoms with Gasteiger partial charge in [0.2, 0.25) is 5.91 Å².